The van der Waals surface area contributed by atoms with Gasteiger partial charge in [0.25, 0.3) is 5.91 Å². The van der Waals surface area contributed by atoms with Gasteiger partial charge < -0.3 is 5.32 Å². The van der Waals surface area contributed by atoms with Gasteiger partial charge in [-0.05, 0) is 30.5 Å². The molecule has 4 nitrogen and oxygen atoms in total. The van der Waals surface area contributed by atoms with Crippen molar-refractivity contribution in [1.82, 2.24) is 9.38 Å². The molecule has 3 rings (SSSR count). The van der Waals surface area contributed by atoms with Crippen molar-refractivity contribution < 1.29 is 18.0 Å². The number of amides is 1. The topological polar surface area (TPSA) is 46.4 Å². The van der Waals surface area contributed by atoms with Gasteiger partial charge in [-0.3, -0.25) is 9.20 Å². The SMILES string of the molecule is Cc1nc2c(Cl)cc(C(F)(F)F)cn2c1C(=O)Nc1ccccc1C(C)C. The van der Waals surface area contributed by atoms with E-state index in [4.69, 9.17) is 11.6 Å². The third-order valence-electron chi connectivity index (χ3n) is 4.22. The highest BCUT2D eigenvalue weighted by atomic mass is 35.5. The molecule has 2 heterocycles. The van der Waals surface area contributed by atoms with E-state index in [1.54, 1.807) is 19.1 Å². The minimum Gasteiger partial charge on any atom is -0.320 e. The van der Waals surface area contributed by atoms with E-state index in [0.29, 0.717) is 5.69 Å². The van der Waals surface area contributed by atoms with E-state index in [1.807, 2.05) is 26.0 Å². The van der Waals surface area contributed by atoms with Crippen molar-refractivity contribution >= 4 is 28.8 Å². The molecule has 142 valence electrons. The molecule has 0 aliphatic carbocycles. The van der Waals surface area contributed by atoms with E-state index >= 15 is 0 Å². The van der Waals surface area contributed by atoms with Crippen molar-refractivity contribution in [3.05, 3.63) is 64.1 Å². The lowest BCUT2D eigenvalue weighted by atomic mass is 10.0. The standard InChI is InChI=1S/C19H17ClF3N3O/c1-10(2)13-6-4-5-7-15(13)25-18(27)16-11(3)24-17-14(20)8-12(9-26(16)17)19(21,22)23/h4-10H,1-3H3,(H,25,27). The molecule has 0 unspecified atom stereocenters. The molecule has 0 spiro atoms. The van der Waals surface area contributed by atoms with Gasteiger partial charge in [-0.15, -0.1) is 0 Å². The molecule has 0 saturated carbocycles. The number of alkyl halides is 3. The average molecular weight is 396 g/mol. The third kappa shape index (κ3) is 3.64. The fourth-order valence-electron chi connectivity index (χ4n) is 2.94. The fourth-order valence-corrected chi connectivity index (χ4v) is 3.19. The van der Waals surface area contributed by atoms with Gasteiger partial charge in [0.1, 0.15) is 5.69 Å². The fraction of sp³-hybridized carbons (Fsp3) is 0.263. The van der Waals surface area contributed by atoms with Crippen LogP contribution in [0.3, 0.4) is 0 Å². The molecule has 0 aliphatic heterocycles. The number of fused-ring (bicyclic) bond motifs is 1. The Morgan fingerprint density at radius 1 is 1.26 bits per heavy atom. The molecule has 3 aromatic rings. The molecule has 1 aromatic carbocycles. The second-order valence-electron chi connectivity index (χ2n) is 6.51. The Morgan fingerprint density at radius 2 is 1.93 bits per heavy atom. The van der Waals surface area contributed by atoms with Gasteiger partial charge in [0, 0.05) is 11.9 Å². The highest BCUT2D eigenvalue weighted by Crippen LogP contribution is 2.33. The van der Waals surface area contributed by atoms with Gasteiger partial charge in [0.05, 0.1) is 16.3 Å². The first kappa shape index (κ1) is 19.2. The van der Waals surface area contributed by atoms with Crippen molar-refractivity contribution in [2.24, 2.45) is 0 Å². The zero-order chi connectivity index (χ0) is 19.9. The first-order valence-corrected chi connectivity index (χ1v) is 8.63. The quantitative estimate of drug-likeness (QED) is 0.619. The highest BCUT2D eigenvalue weighted by molar-refractivity contribution is 6.33. The van der Waals surface area contributed by atoms with E-state index in [1.165, 1.54) is 0 Å². The summed E-state index contributed by atoms with van der Waals surface area (Å²) in [4.78, 5) is 17.0. The van der Waals surface area contributed by atoms with Crippen LogP contribution >= 0.6 is 11.6 Å². The summed E-state index contributed by atoms with van der Waals surface area (Å²) in [6, 6.07) is 8.08. The number of nitrogens with zero attached hydrogens (tertiary/aromatic N) is 2. The van der Waals surface area contributed by atoms with Crippen LogP contribution in [0, 0.1) is 6.92 Å². The van der Waals surface area contributed by atoms with Gasteiger partial charge in [0.2, 0.25) is 0 Å². The number of aryl methyl sites for hydroxylation is 1. The lowest BCUT2D eigenvalue weighted by Gasteiger charge is -2.14. The monoisotopic (exact) mass is 395 g/mol. The van der Waals surface area contributed by atoms with Gasteiger partial charge in [-0.2, -0.15) is 13.2 Å². The van der Waals surface area contributed by atoms with Crippen LogP contribution in [-0.4, -0.2) is 15.3 Å². The van der Waals surface area contributed by atoms with Crippen LogP contribution in [-0.2, 0) is 6.18 Å². The summed E-state index contributed by atoms with van der Waals surface area (Å²) in [7, 11) is 0. The minimum absolute atomic E-state index is 0.0107. The Kier molecular flexibility index (Phi) is 4.90. The molecule has 0 atom stereocenters. The summed E-state index contributed by atoms with van der Waals surface area (Å²) in [6.07, 6.45) is -3.75. The summed E-state index contributed by atoms with van der Waals surface area (Å²) >= 11 is 5.97. The van der Waals surface area contributed by atoms with Crippen molar-refractivity contribution in [2.45, 2.75) is 32.9 Å². The van der Waals surface area contributed by atoms with E-state index in [9.17, 15) is 18.0 Å². The normalized spacial score (nSPS) is 12.0. The van der Waals surface area contributed by atoms with Crippen LogP contribution in [0.2, 0.25) is 5.02 Å². The van der Waals surface area contributed by atoms with E-state index < -0.39 is 17.6 Å². The molecule has 0 saturated heterocycles. The number of para-hydroxylation sites is 1. The Balaban J connectivity index is 2.10. The van der Waals surface area contributed by atoms with Crippen LogP contribution in [0.15, 0.2) is 36.5 Å². The zero-order valence-corrected chi connectivity index (χ0v) is 15.6. The maximum absolute atomic E-state index is 13.1. The van der Waals surface area contributed by atoms with Crippen molar-refractivity contribution in [2.75, 3.05) is 5.32 Å². The van der Waals surface area contributed by atoms with E-state index in [-0.39, 0.29) is 28.0 Å². The number of hydrogen-bond donors (Lipinski definition) is 1. The number of aromatic nitrogens is 2. The number of carbonyl (C=O) groups excluding carboxylic acids is 1. The largest absolute Gasteiger partial charge is 0.417 e. The molecule has 1 amide bonds. The number of nitrogens with one attached hydrogen (secondary N) is 1. The van der Waals surface area contributed by atoms with Gasteiger partial charge >= 0.3 is 6.18 Å². The second-order valence-corrected chi connectivity index (χ2v) is 6.92. The zero-order valence-electron chi connectivity index (χ0n) is 14.9. The Bertz CT molecular complexity index is 1020. The molecule has 27 heavy (non-hydrogen) atoms. The second kappa shape index (κ2) is 6.88. The molecule has 0 aliphatic rings. The molecule has 2 aromatic heterocycles. The van der Waals surface area contributed by atoms with Crippen LogP contribution in [0.25, 0.3) is 5.65 Å². The summed E-state index contributed by atoms with van der Waals surface area (Å²) < 4.78 is 40.5. The number of benzene rings is 1. The molecule has 8 heteroatoms. The van der Waals surface area contributed by atoms with Crippen LogP contribution in [0.1, 0.15) is 47.1 Å². The van der Waals surface area contributed by atoms with Crippen LogP contribution in [0.4, 0.5) is 18.9 Å². The predicted octanol–water partition coefficient (Wildman–Crippen LogP) is 5.69. The summed E-state index contributed by atoms with van der Waals surface area (Å²) in [5, 5.41) is 2.61. The minimum atomic E-state index is -4.59. The number of imidazole rings is 1. The molecular formula is C19H17ClF3N3O. The summed E-state index contributed by atoms with van der Waals surface area (Å²) in [6.45, 7) is 5.53. The number of hydrogen-bond acceptors (Lipinski definition) is 2. The first-order chi connectivity index (χ1) is 12.6. The van der Waals surface area contributed by atoms with Crippen molar-refractivity contribution in [3.8, 4) is 0 Å². The van der Waals surface area contributed by atoms with Crippen molar-refractivity contribution in [3.63, 3.8) is 0 Å². The number of halogens is 4. The molecule has 1 N–H and O–H groups in total. The van der Waals surface area contributed by atoms with Crippen LogP contribution in [0.5, 0.6) is 0 Å². The number of anilines is 1. The van der Waals surface area contributed by atoms with Crippen LogP contribution < -0.4 is 5.32 Å². The third-order valence-corrected chi connectivity index (χ3v) is 4.50. The first-order valence-electron chi connectivity index (χ1n) is 8.25. The lowest BCUT2D eigenvalue weighted by molar-refractivity contribution is -0.137. The molecule has 0 radical (unpaired) electrons. The van der Waals surface area contributed by atoms with Gasteiger partial charge in [0.15, 0.2) is 5.65 Å². The van der Waals surface area contributed by atoms with Crippen molar-refractivity contribution in [1.29, 1.82) is 0 Å². The Labute approximate surface area is 159 Å². The van der Waals surface area contributed by atoms with Gasteiger partial charge in [-0.25, -0.2) is 4.98 Å². The number of rotatable bonds is 3. The Morgan fingerprint density at radius 3 is 2.56 bits per heavy atom. The molecule has 0 bridgehead atoms. The maximum atomic E-state index is 13.1. The van der Waals surface area contributed by atoms with E-state index in [2.05, 4.69) is 10.3 Å². The van der Waals surface area contributed by atoms with Gasteiger partial charge in [-0.1, -0.05) is 43.6 Å². The number of pyridine rings is 1. The smallest absolute Gasteiger partial charge is 0.320 e. The average Bonchev–Trinajstić information content (AvgIpc) is 2.91. The lowest BCUT2D eigenvalue weighted by Crippen LogP contribution is -2.17. The maximum Gasteiger partial charge on any atom is 0.417 e. The summed E-state index contributed by atoms with van der Waals surface area (Å²) in [5.74, 6) is -0.389. The predicted molar refractivity (Wildman–Crippen MR) is 98.4 cm³/mol. The Hall–Kier alpha value is -2.54. The molecule has 0 fully saturated rings. The molecular weight excluding hydrogens is 379 g/mol. The van der Waals surface area contributed by atoms with E-state index in [0.717, 1.165) is 22.2 Å². The highest BCUT2D eigenvalue weighted by Gasteiger charge is 2.33. The summed E-state index contributed by atoms with van der Waals surface area (Å²) in [5.41, 5.74) is 0.974. The number of carbonyl (C=O) groups is 1.